The third-order valence-corrected chi connectivity index (χ3v) is 2.70. The lowest BCUT2D eigenvalue weighted by molar-refractivity contribution is 0.934. The van der Waals surface area contributed by atoms with Crippen molar-refractivity contribution in [1.29, 1.82) is 0 Å². The number of pyridine rings is 1. The number of nitrogens with zero attached hydrogens (tertiary/aromatic N) is 1. The average molecular weight is 200 g/mol. The fourth-order valence-electron chi connectivity index (χ4n) is 1.83. The standard InChI is InChI=1S/C13H16N2/c1-2-10-3-4-11-6-8-15-13(5-7-14)12(11)9-10/h3-4,6,8-9H,2,5,7,14H2,1H3. The Morgan fingerprint density at radius 3 is 2.87 bits per heavy atom. The third kappa shape index (κ3) is 2.00. The summed E-state index contributed by atoms with van der Waals surface area (Å²) < 4.78 is 0. The van der Waals surface area contributed by atoms with Gasteiger partial charge in [-0.3, -0.25) is 4.98 Å². The van der Waals surface area contributed by atoms with Crippen LogP contribution in [0.1, 0.15) is 18.2 Å². The van der Waals surface area contributed by atoms with Crippen molar-refractivity contribution in [2.75, 3.05) is 6.54 Å². The van der Waals surface area contributed by atoms with Gasteiger partial charge in [0.2, 0.25) is 0 Å². The number of aromatic nitrogens is 1. The molecule has 0 spiro atoms. The van der Waals surface area contributed by atoms with E-state index in [9.17, 15) is 0 Å². The molecule has 1 aromatic heterocycles. The van der Waals surface area contributed by atoms with Gasteiger partial charge >= 0.3 is 0 Å². The van der Waals surface area contributed by atoms with Crippen LogP contribution in [0.15, 0.2) is 30.5 Å². The molecule has 0 aliphatic heterocycles. The molecule has 78 valence electrons. The summed E-state index contributed by atoms with van der Waals surface area (Å²) in [6.45, 7) is 2.82. The summed E-state index contributed by atoms with van der Waals surface area (Å²) in [7, 11) is 0. The van der Waals surface area contributed by atoms with Crippen LogP contribution in [-0.2, 0) is 12.8 Å². The van der Waals surface area contributed by atoms with Crippen LogP contribution in [0.5, 0.6) is 0 Å². The van der Waals surface area contributed by atoms with Crippen LogP contribution < -0.4 is 5.73 Å². The van der Waals surface area contributed by atoms with E-state index < -0.39 is 0 Å². The van der Waals surface area contributed by atoms with E-state index in [2.05, 4.69) is 36.2 Å². The highest BCUT2D eigenvalue weighted by molar-refractivity contribution is 5.85. The van der Waals surface area contributed by atoms with Crippen LogP contribution in [-0.4, -0.2) is 11.5 Å². The number of hydrogen-bond acceptors (Lipinski definition) is 2. The first-order chi connectivity index (χ1) is 7.35. The van der Waals surface area contributed by atoms with Crippen molar-refractivity contribution in [1.82, 2.24) is 4.98 Å². The zero-order chi connectivity index (χ0) is 10.7. The molecule has 0 aliphatic carbocycles. The largest absolute Gasteiger partial charge is 0.330 e. The molecule has 0 atom stereocenters. The van der Waals surface area contributed by atoms with Gasteiger partial charge in [-0.05, 0) is 36.0 Å². The van der Waals surface area contributed by atoms with Gasteiger partial charge in [0.1, 0.15) is 0 Å². The summed E-state index contributed by atoms with van der Waals surface area (Å²) in [4.78, 5) is 4.39. The molecule has 0 amide bonds. The molecule has 1 heterocycles. The van der Waals surface area contributed by atoms with Gasteiger partial charge in [-0.15, -0.1) is 0 Å². The normalized spacial score (nSPS) is 10.8. The second-order valence-corrected chi connectivity index (χ2v) is 3.71. The smallest absolute Gasteiger partial charge is 0.0494 e. The van der Waals surface area contributed by atoms with Crippen LogP contribution in [0, 0.1) is 0 Å². The minimum Gasteiger partial charge on any atom is -0.330 e. The predicted molar refractivity (Wildman–Crippen MR) is 63.9 cm³/mol. The fourth-order valence-corrected chi connectivity index (χ4v) is 1.83. The average Bonchev–Trinajstić information content (AvgIpc) is 2.29. The van der Waals surface area contributed by atoms with Crippen molar-refractivity contribution in [3.8, 4) is 0 Å². The summed E-state index contributed by atoms with van der Waals surface area (Å²) in [5, 5.41) is 2.51. The van der Waals surface area contributed by atoms with Crippen molar-refractivity contribution < 1.29 is 0 Å². The SMILES string of the molecule is CCc1ccc2ccnc(CCN)c2c1. The molecule has 0 unspecified atom stereocenters. The fraction of sp³-hybridized carbons (Fsp3) is 0.308. The van der Waals surface area contributed by atoms with Gasteiger partial charge in [-0.25, -0.2) is 0 Å². The monoisotopic (exact) mass is 200 g/mol. The Hall–Kier alpha value is -1.41. The summed E-state index contributed by atoms with van der Waals surface area (Å²) in [6.07, 6.45) is 3.77. The molecule has 2 nitrogen and oxygen atoms in total. The Labute approximate surface area is 90.1 Å². The Balaban J connectivity index is 2.59. The second-order valence-electron chi connectivity index (χ2n) is 3.71. The topological polar surface area (TPSA) is 38.9 Å². The molecular formula is C13H16N2. The van der Waals surface area contributed by atoms with Crippen molar-refractivity contribution in [2.45, 2.75) is 19.8 Å². The van der Waals surface area contributed by atoms with Crippen molar-refractivity contribution >= 4 is 10.8 Å². The molecule has 2 heteroatoms. The van der Waals surface area contributed by atoms with Gasteiger partial charge in [0.05, 0.1) is 0 Å². The Bertz CT molecular complexity index is 463. The van der Waals surface area contributed by atoms with Crippen LogP contribution in [0.3, 0.4) is 0 Å². The van der Waals surface area contributed by atoms with Crippen molar-refractivity contribution in [3.63, 3.8) is 0 Å². The van der Waals surface area contributed by atoms with Gasteiger partial charge in [-0.1, -0.05) is 19.1 Å². The molecular weight excluding hydrogens is 184 g/mol. The summed E-state index contributed by atoms with van der Waals surface area (Å²) >= 11 is 0. The molecule has 2 N–H and O–H groups in total. The summed E-state index contributed by atoms with van der Waals surface area (Å²) in [5.74, 6) is 0. The van der Waals surface area contributed by atoms with Crippen molar-refractivity contribution in [3.05, 3.63) is 41.7 Å². The number of hydrogen-bond donors (Lipinski definition) is 1. The highest BCUT2D eigenvalue weighted by atomic mass is 14.7. The zero-order valence-electron chi connectivity index (χ0n) is 9.03. The lowest BCUT2D eigenvalue weighted by atomic mass is 10.0. The first kappa shape index (κ1) is 10.1. The maximum Gasteiger partial charge on any atom is 0.0494 e. The van der Waals surface area contributed by atoms with Crippen LogP contribution in [0.4, 0.5) is 0 Å². The van der Waals surface area contributed by atoms with Crippen molar-refractivity contribution in [2.24, 2.45) is 5.73 Å². The molecule has 0 bridgehead atoms. The molecule has 1 aromatic carbocycles. The molecule has 0 saturated heterocycles. The number of benzene rings is 1. The maximum absolute atomic E-state index is 5.58. The van der Waals surface area contributed by atoms with E-state index >= 15 is 0 Å². The summed E-state index contributed by atoms with van der Waals surface area (Å²) in [6, 6.07) is 8.62. The van der Waals surface area contributed by atoms with E-state index in [4.69, 9.17) is 5.73 Å². The number of nitrogens with two attached hydrogens (primary N) is 1. The van der Waals surface area contributed by atoms with Crippen LogP contribution >= 0.6 is 0 Å². The molecule has 0 radical (unpaired) electrons. The van der Waals surface area contributed by atoms with E-state index in [1.54, 1.807) is 0 Å². The van der Waals surface area contributed by atoms with Gasteiger partial charge < -0.3 is 5.73 Å². The number of fused-ring (bicyclic) bond motifs is 1. The second kappa shape index (κ2) is 4.41. The molecule has 0 fully saturated rings. The highest BCUT2D eigenvalue weighted by Crippen LogP contribution is 2.19. The lowest BCUT2D eigenvalue weighted by Crippen LogP contribution is -2.04. The van der Waals surface area contributed by atoms with Gasteiger partial charge in [0.15, 0.2) is 0 Å². The Kier molecular flexibility index (Phi) is 2.97. The van der Waals surface area contributed by atoms with Gasteiger partial charge in [0.25, 0.3) is 0 Å². The van der Waals surface area contributed by atoms with E-state index in [0.29, 0.717) is 6.54 Å². The third-order valence-electron chi connectivity index (χ3n) is 2.70. The molecule has 0 saturated carbocycles. The van der Waals surface area contributed by atoms with Crippen LogP contribution in [0.25, 0.3) is 10.8 Å². The maximum atomic E-state index is 5.58. The lowest BCUT2D eigenvalue weighted by Gasteiger charge is -2.06. The van der Waals surface area contributed by atoms with E-state index in [0.717, 1.165) is 18.5 Å². The first-order valence-electron chi connectivity index (χ1n) is 5.41. The molecule has 2 rings (SSSR count). The van der Waals surface area contributed by atoms with E-state index in [-0.39, 0.29) is 0 Å². The quantitative estimate of drug-likeness (QED) is 0.825. The first-order valence-corrected chi connectivity index (χ1v) is 5.41. The van der Waals surface area contributed by atoms with Crippen LogP contribution in [0.2, 0.25) is 0 Å². The zero-order valence-corrected chi connectivity index (χ0v) is 9.03. The molecule has 0 aliphatic rings. The predicted octanol–water partition coefficient (Wildman–Crippen LogP) is 2.30. The number of rotatable bonds is 3. The summed E-state index contributed by atoms with van der Waals surface area (Å²) in [5.41, 5.74) is 8.05. The molecule has 2 aromatic rings. The Morgan fingerprint density at radius 1 is 1.27 bits per heavy atom. The van der Waals surface area contributed by atoms with Gasteiger partial charge in [0, 0.05) is 23.7 Å². The van der Waals surface area contributed by atoms with E-state index in [1.807, 2.05) is 6.20 Å². The number of aryl methyl sites for hydroxylation is 1. The van der Waals surface area contributed by atoms with Gasteiger partial charge in [-0.2, -0.15) is 0 Å². The molecule has 15 heavy (non-hydrogen) atoms. The Morgan fingerprint density at radius 2 is 2.13 bits per heavy atom. The highest BCUT2D eigenvalue weighted by Gasteiger charge is 2.02. The minimum atomic E-state index is 0.655. The minimum absolute atomic E-state index is 0.655. The van der Waals surface area contributed by atoms with E-state index in [1.165, 1.54) is 16.3 Å².